The lowest BCUT2D eigenvalue weighted by atomic mass is 9.59. The lowest BCUT2D eigenvalue weighted by molar-refractivity contribution is -0.201. The summed E-state index contributed by atoms with van der Waals surface area (Å²) < 4.78 is 22.9. The number of likely N-dealkylation sites (tertiary alicyclic amines) is 1. The second kappa shape index (κ2) is 10.4. The maximum Gasteiger partial charge on any atom is 0.416 e. The van der Waals surface area contributed by atoms with Gasteiger partial charge in [-0.3, -0.25) is 14.4 Å². The van der Waals surface area contributed by atoms with Crippen LogP contribution in [0.15, 0.2) is 30.3 Å². The maximum absolute atomic E-state index is 14.0. The van der Waals surface area contributed by atoms with Crippen LogP contribution >= 0.6 is 0 Å². The monoisotopic (exact) mass is 519 g/mol. The molecule has 198 valence electrons. The molecular formula is C26H37NO8Si. The van der Waals surface area contributed by atoms with E-state index >= 15 is 0 Å². The van der Waals surface area contributed by atoms with Crippen molar-refractivity contribution in [1.29, 1.82) is 0 Å². The molecule has 2 fully saturated rings. The first kappa shape index (κ1) is 28.0. The van der Waals surface area contributed by atoms with E-state index in [9.17, 15) is 19.2 Å². The number of piperidine rings is 1. The van der Waals surface area contributed by atoms with Crippen molar-refractivity contribution in [2.24, 2.45) is 11.3 Å². The fourth-order valence-corrected chi connectivity index (χ4v) is 6.20. The number of hydrogen-bond donors (Lipinski definition) is 0. The van der Waals surface area contributed by atoms with Crippen molar-refractivity contribution in [3.05, 3.63) is 35.9 Å². The van der Waals surface area contributed by atoms with Crippen LogP contribution in [0, 0.1) is 11.3 Å². The van der Waals surface area contributed by atoms with Gasteiger partial charge in [-0.25, -0.2) is 9.69 Å². The fourth-order valence-electron chi connectivity index (χ4n) is 4.85. The Morgan fingerprint density at radius 3 is 2.28 bits per heavy atom. The third-order valence-corrected chi connectivity index (χ3v) is 12.4. The Balaban J connectivity index is 2.12. The Hall–Kier alpha value is -2.56. The highest BCUT2D eigenvalue weighted by molar-refractivity contribution is 6.74. The Morgan fingerprint density at radius 1 is 1.08 bits per heavy atom. The van der Waals surface area contributed by atoms with Crippen LogP contribution in [0.25, 0.3) is 0 Å². The number of fused-ring (bicyclic) bond motifs is 1. The molecule has 9 nitrogen and oxygen atoms in total. The van der Waals surface area contributed by atoms with Gasteiger partial charge in [0.25, 0.3) is 5.91 Å². The van der Waals surface area contributed by atoms with Crippen LogP contribution in [0.4, 0.5) is 4.79 Å². The van der Waals surface area contributed by atoms with E-state index in [0.717, 1.165) is 10.5 Å². The van der Waals surface area contributed by atoms with E-state index in [0.29, 0.717) is 0 Å². The summed E-state index contributed by atoms with van der Waals surface area (Å²) in [6.45, 7) is 10.1. The number of carbonyl (C=O) groups excluding carboxylic acids is 4. The van der Waals surface area contributed by atoms with Crippen LogP contribution in [0.5, 0.6) is 0 Å². The average molecular weight is 520 g/mol. The van der Waals surface area contributed by atoms with Gasteiger partial charge in [-0.2, -0.15) is 0 Å². The van der Waals surface area contributed by atoms with Crippen LogP contribution < -0.4 is 0 Å². The average Bonchev–Trinajstić information content (AvgIpc) is 2.83. The highest BCUT2D eigenvalue weighted by Gasteiger charge is 2.69. The van der Waals surface area contributed by atoms with Crippen molar-refractivity contribution in [2.75, 3.05) is 20.8 Å². The fraction of sp³-hybridized carbons (Fsp3) is 0.615. The van der Waals surface area contributed by atoms with Gasteiger partial charge in [-0.1, -0.05) is 51.1 Å². The quantitative estimate of drug-likeness (QED) is 0.318. The van der Waals surface area contributed by atoms with Crippen LogP contribution in [0.1, 0.15) is 39.2 Å². The molecule has 0 N–H and O–H groups in total. The molecule has 0 aromatic heterocycles. The van der Waals surface area contributed by atoms with E-state index in [4.69, 9.17) is 18.6 Å². The molecule has 0 spiro atoms. The molecule has 2 aliphatic rings. The van der Waals surface area contributed by atoms with Crippen LogP contribution in [0.3, 0.4) is 0 Å². The summed E-state index contributed by atoms with van der Waals surface area (Å²) >= 11 is 0. The number of Topliss-reactive ketones (excluding diaryl/α,β-unsaturated/α-hetero) is 1. The molecule has 1 unspecified atom stereocenters. The summed E-state index contributed by atoms with van der Waals surface area (Å²) in [6, 6.07) is 9.07. The first-order chi connectivity index (χ1) is 16.8. The van der Waals surface area contributed by atoms with Gasteiger partial charge in [0.1, 0.15) is 12.4 Å². The molecule has 1 aromatic carbocycles. The number of ether oxygens (including phenoxy) is 3. The van der Waals surface area contributed by atoms with Crippen molar-refractivity contribution in [1.82, 2.24) is 4.90 Å². The summed E-state index contributed by atoms with van der Waals surface area (Å²) in [5, 5.41) is -0.194. The molecule has 36 heavy (non-hydrogen) atoms. The standard InChI is InChI=1S/C26H37NO8Si/c1-25(2,3)36(6,7)35-20-15-27(24(31)33-5)22(29)26(19(20)13-18(28)14-21(26)32-4)23(30)34-16-17-11-9-8-10-12-17/h8-12,19-21H,13-16H2,1-7H3/t19-,20+,21?,26-/m0/s1. The van der Waals surface area contributed by atoms with Gasteiger partial charge in [-0.15, -0.1) is 0 Å². The minimum absolute atomic E-state index is 0.0552. The van der Waals surface area contributed by atoms with E-state index in [1.165, 1.54) is 14.2 Å². The molecule has 1 aliphatic carbocycles. The highest BCUT2D eigenvalue weighted by atomic mass is 28.4. The number of esters is 1. The number of rotatable bonds is 6. The summed E-state index contributed by atoms with van der Waals surface area (Å²) in [7, 11) is 0.0659. The molecule has 1 aliphatic heterocycles. The Labute approximate surface area is 213 Å². The van der Waals surface area contributed by atoms with E-state index in [1.54, 1.807) is 12.1 Å². The Morgan fingerprint density at radius 2 is 1.72 bits per heavy atom. The number of imide groups is 1. The first-order valence-electron chi connectivity index (χ1n) is 12.1. The topological polar surface area (TPSA) is 108 Å². The molecule has 1 saturated carbocycles. The number of hydrogen-bond acceptors (Lipinski definition) is 8. The SMILES string of the molecule is COC(=O)N1C[C@@H](O[Si](C)(C)C(C)(C)C)[C@@H]2CC(=O)CC(OC)[C@]2(C(=O)OCc2ccccc2)C1=O. The first-order valence-corrected chi connectivity index (χ1v) is 15.0. The van der Waals surface area contributed by atoms with E-state index in [-0.39, 0.29) is 36.8 Å². The Kier molecular flexibility index (Phi) is 8.12. The number of ketones is 1. The summed E-state index contributed by atoms with van der Waals surface area (Å²) in [5.41, 5.74) is -1.20. The molecular weight excluding hydrogens is 482 g/mol. The zero-order chi connectivity index (χ0) is 26.9. The van der Waals surface area contributed by atoms with Gasteiger partial charge < -0.3 is 18.6 Å². The lowest BCUT2D eigenvalue weighted by Gasteiger charge is -2.54. The molecule has 2 amide bonds. The van der Waals surface area contributed by atoms with Crippen molar-refractivity contribution in [3.63, 3.8) is 0 Å². The van der Waals surface area contributed by atoms with Gasteiger partial charge in [0.2, 0.25) is 0 Å². The molecule has 10 heteroatoms. The number of amides is 2. The Bertz CT molecular complexity index is 1000. The molecule has 4 atom stereocenters. The minimum atomic E-state index is -2.45. The van der Waals surface area contributed by atoms with Crippen molar-refractivity contribution in [3.8, 4) is 0 Å². The molecule has 1 aromatic rings. The molecule has 0 radical (unpaired) electrons. The van der Waals surface area contributed by atoms with Gasteiger partial charge in [0.05, 0.1) is 25.9 Å². The van der Waals surface area contributed by atoms with Crippen molar-refractivity contribution >= 4 is 32.1 Å². The summed E-state index contributed by atoms with van der Waals surface area (Å²) in [6.07, 6.45) is -2.99. The molecule has 0 bridgehead atoms. The van der Waals surface area contributed by atoms with Crippen LogP contribution in [-0.4, -0.2) is 69.9 Å². The number of nitrogens with zero attached hydrogens (tertiary/aromatic N) is 1. The molecule has 1 heterocycles. The van der Waals surface area contributed by atoms with E-state index in [1.807, 2.05) is 31.3 Å². The van der Waals surface area contributed by atoms with E-state index in [2.05, 4.69) is 20.8 Å². The van der Waals surface area contributed by atoms with Gasteiger partial charge >= 0.3 is 12.1 Å². The van der Waals surface area contributed by atoms with E-state index < -0.39 is 49.8 Å². The van der Waals surface area contributed by atoms with Gasteiger partial charge in [0.15, 0.2) is 13.7 Å². The smallest absolute Gasteiger partial charge is 0.416 e. The van der Waals surface area contributed by atoms with Gasteiger partial charge in [-0.05, 0) is 23.7 Å². The minimum Gasteiger partial charge on any atom is -0.460 e. The zero-order valence-corrected chi connectivity index (χ0v) is 23.2. The van der Waals surface area contributed by atoms with Crippen LogP contribution in [0.2, 0.25) is 18.1 Å². The zero-order valence-electron chi connectivity index (χ0n) is 22.2. The second-order valence-electron chi connectivity index (χ2n) is 11.0. The largest absolute Gasteiger partial charge is 0.460 e. The van der Waals surface area contributed by atoms with Gasteiger partial charge in [0, 0.05) is 25.9 Å². The number of methoxy groups -OCH3 is 2. The normalized spacial score (nSPS) is 26.9. The van der Waals surface area contributed by atoms with Crippen LogP contribution in [-0.2, 0) is 39.6 Å². The summed E-state index contributed by atoms with van der Waals surface area (Å²) in [5.74, 6) is -2.61. The lowest BCUT2D eigenvalue weighted by Crippen LogP contribution is -2.72. The highest BCUT2D eigenvalue weighted by Crippen LogP contribution is 2.51. The van der Waals surface area contributed by atoms with Crippen molar-refractivity contribution in [2.45, 2.75) is 70.6 Å². The molecule has 3 rings (SSSR count). The number of carbonyl (C=O) groups is 4. The third-order valence-electron chi connectivity index (χ3n) is 7.85. The summed E-state index contributed by atoms with van der Waals surface area (Å²) in [4.78, 5) is 54.4. The predicted octanol–water partition coefficient (Wildman–Crippen LogP) is 3.71. The maximum atomic E-state index is 14.0. The third kappa shape index (κ3) is 4.98. The second-order valence-corrected chi connectivity index (χ2v) is 15.8. The number of benzene rings is 1. The predicted molar refractivity (Wildman–Crippen MR) is 133 cm³/mol. The molecule has 1 saturated heterocycles. The van der Waals surface area contributed by atoms with Crippen molar-refractivity contribution < 1.29 is 37.8 Å².